The van der Waals surface area contributed by atoms with Crippen molar-refractivity contribution in [1.29, 1.82) is 0 Å². The van der Waals surface area contributed by atoms with Crippen LogP contribution in [-0.2, 0) is 4.79 Å². The van der Waals surface area contributed by atoms with Gasteiger partial charge < -0.3 is 5.73 Å². The van der Waals surface area contributed by atoms with Gasteiger partial charge in [-0.15, -0.1) is 0 Å². The van der Waals surface area contributed by atoms with Crippen LogP contribution in [0.1, 0.15) is 0 Å². The average Bonchev–Trinajstić information content (AvgIpc) is 2.17. The molecule has 1 aliphatic heterocycles. The predicted octanol–water partition coefficient (Wildman–Crippen LogP) is -0.678. The monoisotopic (exact) mass is 144 g/mol. The van der Waals surface area contributed by atoms with Crippen molar-refractivity contribution < 1.29 is 4.79 Å². The zero-order valence-corrected chi connectivity index (χ0v) is 5.44. The molecule has 0 spiro atoms. The van der Waals surface area contributed by atoms with Crippen molar-refractivity contribution in [3.8, 4) is 0 Å². The van der Waals surface area contributed by atoms with Gasteiger partial charge in [-0.3, -0.25) is 9.80 Å². The summed E-state index contributed by atoms with van der Waals surface area (Å²) in [7, 11) is 0. The van der Waals surface area contributed by atoms with Crippen LogP contribution < -0.4 is 10.6 Å². The Morgan fingerprint density at radius 2 is 2.78 bits per heavy atom. The SMILES string of the molecule is NC1=CN(C[C]=O)NS1. The average molecular weight is 144 g/mol. The molecule has 1 heterocycles. The van der Waals surface area contributed by atoms with Crippen LogP contribution in [0, 0.1) is 0 Å². The van der Waals surface area contributed by atoms with Crippen LogP contribution in [0.3, 0.4) is 0 Å². The van der Waals surface area contributed by atoms with Crippen molar-refractivity contribution in [3.05, 3.63) is 11.2 Å². The summed E-state index contributed by atoms with van der Waals surface area (Å²) in [5, 5.41) is 2.22. The first-order chi connectivity index (χ1) is 4.33. The molecule has 1 rings (SSSR count). The van der Waals surface area contributed by atoms with E-state index in [-0.39, 0.29) is 6.54 Å². The quantitative estimate of drug-likeness (QED) is 0.503. The van der Waals surface area contributed by atoms with Gasteiger partial charge in [-0.05, 0) is 11.9 Å². The number of nitrogens with two attached hydrogens (primary N) is 1. The van der Waals surface area contributed by atoms with Crippen molar-refractivity contribution in [2.24, 2.45) is 5.73 Å². The summed E-state index contributed by atoms with van der Waals surface area (Å²) in [6.07, 6.45) is 3.38. The minimum Gasteiger partial charge on any atom is -0.391 e. The maximum Gasteiger partial charge on any atom is 0.221 e. The van der Waals surface area contributed by atoms with Gasteiger partial charge in [0, 0.05) is 6.20 Å². The first kappa shape index (κ1) is 6.44. The van der Waals surface area contributed by atoms with E-state index < -0.39 is 0 Å². The van der Waals surface area contributed by atoms with E-state index >= 15 is 0 Å². The summed E-state index contributed by atoms with van der Waals surface area (Å²) in [4.78, 5) is 12.6. The van der Waals surface area contributed by atoms with Crippen molar-refractivity contribution in [2.45, 2.75) is 0 Å². The molecule has 1 aliphatic rings. The number of hydrogen-bond acceptors (Lipinski definition) is 5. The molecule has 9 heavy (non-hydrogen) atoms. The molecule has 4 nitrogen and oxygen atoms in total. The second-order valence-electron chi connectivity index (χ2n) is 1.50. The topological polar surface area (TPSA) is 58.4 Å². The maximum absolute atomic E-state index is 9.78. The predicted molar refractivity (Wildman–Crippen MR) is 35.4 cm³/mol. The summed E-state index contributed by atoms with van der Waals surface area (Å²) >= 11 is 1.28. The lowest BCUT2D eigenvalue weighted by molar-refractivity contribution is 0.400. The third kappa shape index (κ3) is 1.62. The van der Waals surface area contributed by atoms with E-state index in [1.54, 1.807) is 17.5 Å². The van der Waals surface area contributed by atoms with E-state index in [1.807, 2.05) is 0 Å². The lowest BCUT2D eigenvalue weighted by Crippen LogP contribution is -2.25. The first-order valence-corrected chi connectivity index (χ1v) is 3.16. The van der Waals surface area contributed by atoms with Crippen LogP contribution in [0.25, 0.3) is 0 Å². The molecule has 0 aromatic rings. The van der Waals surface area contributed by atoms with Gasteiger partial charge in [0.1, 0.15) is 11.6 Å². The van der Waals surface area contributed by atoms with E-state index in [0.29, 0.717) is 5.03 Å². The largest absolute Gasteiger partial charge is 0.391 e. The van der Waals surface area contributed by atoms with Gasteiger partial charge in [-0.25, -0.2) is 0 Å². The molecule has 0 amide bonds. The van der Waals surface area contributed by atoms with E-state index in [4.69, 9.17) is 5.73 Å². The summed E-state index contributed by atoms with van der Waals surface area (Å²) in [5.74, 6) is 0. The number of nitrogens with zero attached hydrogens (tertiary/aromatic N) is 1. The fraction of sp³-hybridized carbons (Fsp3) is 0.250. The van der Waals surface area contributed by atoms with Crippen molar-refractivity contribution >= 4 is 18.2 Å². The molecule has 0 bridgehead atoms. The molecule has 0 unspecified atom stereocenters. The lowest BCUT2D eigenvalue weighted by Gasteiger charge is -2.07. The first-order valence-electron chi connectivity index (χ1n) is 2.34. The Bertz CT molecular complexity index is 147. The molecule has 0 aromatic heterocycles. The van der Waals surface area contributed by atoms with Gasteiger partial charge in [0.2, 0.25) is 6.29 Å². The van der Waals surface area contributed by atoms with E-state index in [9.17, 15) is 4.79 Å². The Labute approximate surface area is 57.2 Å². The third-order valence-electron chi connectivity index (χ3n) is 0.799. The highest BCUT2D eigenvalue weighted by Gasteiger charge is 2.07. The highest BCUT2D eigenvalue weighted by Crippen LogP contribution is 2.12. The summed E-state index contributed by atoms with van der Waals surface area (Å²) in [5.41, 5.74) is 5.35. The summed E-state index contributed by atoms with van der Waals surface area (Å²) in [6, 6.07) is 0. The second kappa shape index (κ2) is 2.75. The molecule has 1 radical (unpaired) electrons. The van der Waals surface area contributed by atoms with Gasteiger partial charge in [0.15, 0.2) is 0 Å². The maximum atomic E-state index is 9.78. The van der Waals surface area contributed by atoms with Crippen LogP contribution >= 0.6 is 11.9 Å². The smallest absolute Gasteiger partial charge is 0.221 e. The molecule has 0 saturated heterocycles. The van der Waals surface area contributed by atoms with Crippen molar-refractivity contribution in [3.63, 3.8) is 0 Å². The standard InChI is InChI=1S/C4H6N3OS/c5-4-3-7(1-2-8)6-9-4/h3,6H,1,5H2. The van der Waals surface area contributed by atoms with E-state index in [0.717, 1.165) is 0 Å². The molecule has 0 saturated carbocycles. The fourth-order valence-electron chi connectivity index (χ4n) is 0.465. The molecule has 5 heteroatoms. The Kier molecular flexibility index (Phi) is 1.96. The molecule has 49 valence electrons. The van der Waals surface area contributed by atoms with Gasteiger partial charge >= 0.3 is 0 Å². The summed E-state index contributed by atoms with van der Waals surface area (Å²) < 4.78 is 0. The van der Waals surface area contributed by atoms with Crippen LogP contribution in [0.2, 0.25) is 0 Å². The number of hydrogen-bond donors (Lipinski definition) is 2. The van der Waals surface area contributed by atoms with Gasteiger partial charge in [-0.1, -0.05) is 0 Å². The molecule has 0 aromatic carbocycles. The minimum atomic E-state index is 0.216. The number of rotatable bonds is 2. The molecular weight excluding hydrogens is 138 g/mol. The Morgan fingerprint density at radius 3 is 3.22 bits per heavy atom. The molecule has 0 aliphatic carbocycles. The summed E-state index contributed by atoms with van der Waals surface area (Å²) in [6.45, 7) is 0.216. The lowest BCUT2D eigenvalue weighted by atomic mass is 10.7. The minimum absolute atomic E-state index is 0.216. The fourth-order valence-corrected chi connectivity index (χ4v) is 0.985. The van der Waals surface area contributed by atoms with Crippen LogP contribution in [0.5, 0.6) is 0 Å². The zero-order valence-electron chi connectivity index (χ0n) is 4.63. The number of nitrogens with one attached hydrogen (secondary N) is 1. The number of carbonyl (C=O) groups excluding carboxylic acids is 1. The Hall–Kier alpha value is -0.680. The van der Waals surface area contributed by atoms with Crippen LogP contribution in [0.15, 0.2) is 11.2 Å². The Balaban J connectivity index is 2.37. The molecule has 3 N–H and O–H groups in total. The zero-order chi connectivity index (χ0) is 6.69. The molecular formula is C4H6N3OS. The van der Waals surface area contributed by atoms with Crippen molar-refractivity contribution in [2.75, 3.05) is 6.54 Å². The Morgan fingerprint density at radius 1 is 2.00 bits per heavy atom. The normalized spacial score (nSPS) is 17.8. The molecule has 0 atom stereocenters. The van der Waals surface area contributed by atoms with Gasteiger partial charge in [-0.2, -0.15) is 4.83 Å². The highest BCUT2D eigenvalue weighted by atomic mass is 32.2. The van der Waals surface area contributed by atoms with E-state index in [1.165, 1.54) is 11.9 Å². The second-order valence-corrected chi connectivity index (χ2v) is 2.36. The van der Waals surface area contributed by atoms with Gasteiger partial charge in [0.05, 0.1) is 0 Å². The third-order valence-corrected chi connectivity index (χ3v) is 1.47. The molecule has 0 fully saturated rings. The van der Waals surface area contributed by atoms with E-state index in [2.05, 4.69) is 4.83 Å². The van der Waals surface area contributed by atoms with Crippen LogP contribution in [-0.4, -0.2) is 17.8 Å². The van der Waals surface area contributed by atoms with Crippen molar-refractivity contribution in [1.82, 2.24) is 9.84 Å². The highest BCUT2D eigenvalue weighted by molar-refractivity contribution is 8.01. The van der Waals surface area contributed by atoms with Crippen LogP contribution in [0.4, 0.5) is 0 Å². The van der Waals surface area contributed by atoms with Gasteiger partial charge in [0.25, 0.3) is 0 Å². The number of hydrazine groups is 1.